The van der Waals surface area contributed by atoms with E-state index in [9.17, 15) is 4.79 Å². The molecule has 0 aliphatic heterocycles. The van der Waals surface area contributed by atoms with Crippen LogP contribution in [-0.4, -0.2) is 17.6 Å². The van der Waals surface area contributed by atoms with Gasteiger partial charge in [0.2, 0.25) is 5.91 Å². The second-order valence-corrected chi connectivity index (χ2v) is 6.83. The van der Waals surface area contributed by atoms with E-state index in [1.165, 1.54) is 32.1 Å². The second-order valence-electron chi connectivity index (χ2n) is 6.42. The molecule has 0 aromatic heterocycles. The van der Waals surface area contributed by atoms with Crippen LogP contribution < -0.4 is 15.4 Å². The van der Waals surface area contributed by atoms with Gasteiger partial charge in [0.15, 0.2) is 5.11 Å². The molecule has 1 aliphatic rings. The lowest BCUT2D eigenvalue weighted by Gasteiger charge is -2.21. The van der Waals surface area contributed by atoms with Gasteiger partial charge in [0.1, 0.15) is 5.75 Å². The fraction of sp³-hybridized carbons (Fsp3) is 0.579. The Morgan fingerprint density at radius 3 is 2.83 bits per heavy atom. The van der Waals surface area contributed by atoms with Crippen LogP contribution in [0.2, 0.25) is 0 Å². The van der Waals surface area contributed by atoms with E-state index in [4.69, 9.17) is 17.0 Å². The van der Waals surface area contributed by atoms with E-state index in [0.717, 1.165) is 24.3 Å². The molecule has 1 aliphatic carbocycles. The van der Waals surface area contributed by atoms with Gasteiger partial charge in [0, 0.05) is 18.2 Å². The lowest BCUT2D eigenvalue weighted by molar-refractivity contribution is -0.120. The van der Waals surface area contributed by atoms with Gasteiger partial charge in [0.05, 0.1) is 6.61 Å². The van der Waals surface area contributed by atoms with E-state index < -0.39 is 0 Å². The predicted molar refractivity (Wildman–Crippen MR) is 102 cm³/mol. The highest BCUT2D eigenvalue weighted by atomic mass is 32.1. The molecule has 0 atom stereocenters. The zero-order valence-corrected chi connectivity index (χ0v) is 15.3. The third kappa shape index (κ3) is 6.87. The molecule has 1 aromatic rings. The smallest absolute Gasteiger partial charge is 0.226 e. The van der Waals surface area contributed by atoms with Crippen molar-refractivity contribution < 1.29 is 9.53 Å². The van der Waals surface area contributed by atoms with Crippen molar-refractivity contribution in [1.29, 1.82) is 0 Å². The van der Waals surface area contributed by atoms with Crippen molar-refractivity contribution in [3.05, 3.63) is 24.3 Å². The molecule has 0 unspecified atom stereocenters. The van der Waals surface area contributed by atoms with Gasteiger partial charge in [-0.05, 0) is 43.1 Å². The minimum Gasteiger partial charge on any atom is -0.494 e. The maximum absolute atomic E-state index is 12.0. The van der Waals surface area contributed by atoms with E-state index in [1.54, 1.807) is 0 Å². The monoisotopic (exact) mass is 348 g/mol. The molecule has 1 saturated carbocycles. The Bertz CT molecular complexity index is 542. The van der Waals surface area contributed by atoms with E-state index in [1.807, 2.05) is 24.3 Å². The van der Waals surface area contributed by atoms with E-state index >= 15 is 0 Å². The van der Waals surface area contributed by atoms with Crippen LogP contribution in [0.15, 0.2) is 24.3 Å². The Labute approximate surface area is 150 Å². The number of hydrogen-bond donors (Lipinski definition) is 2. The fourth-order valence-corrected chi connectivity index (χ4v) is 3.28. The van der Waals surface area contributed by atoms with Gasteiger partial charge in [0.25, 0.3) is 0 Å². The summed E-state index contributed by atoms with van der Waals surface area (Å²) in [6, 6.07) is 7.60. The first-order valence-electron chi connectivity index (χ1n) is 9.01. The summed E-state index contributed by atoms with van der Waals surface area (Å²) in [4.78, 5) is 12.0. The number of hydrogen-bond acceptors (Lipinski definition) is 3. The standard InChI is InChI=1S/C19H28N2O2S/c1-2-13-23-17-10-6-9-16(14-17)20-19(24)21-18(22)12-11-15-7-4-3-5-8-15/h6,9-10,14-15H,2-5,7-8,11-13H2,1H3,(H2,20,21,22,24). The van der Waals surface area contributed by atoms with Crippen LogP contribution in [0.1, 0.15) is 58.3 Å². The SMILES string of the molecule is CCCOc1cccc(NC(=S)NC(=O)CCC2CCCCC2)c1. The average Bonchev–Trinajstić information content (AvgIpc) is 2.59. The molecular formula is C19H28N2O2S. The normalized spacial score (nSPS) is 14.9. The van der Waals surface area contributed by atoms with Crippen LogP contribution in [0, 0.1) is 5.92 Å². The Morgan fingerprint density at radius 1 is 1.29 bits per heavy atom. The van der Waals surface area contributed by atoms with Crippen LogP contribution >= 0.6 is 12.2 Å². The van der Waals surface area contributed by atoms with E-state index in [-0.39, 0.29) is 5.91 Å². The van der Waals surface area contributed by atoms with Crippen molar-refractivity contribution >= 4 is 28.9 Å². The number of benzene rings is 1. The molecule has 0 spiro atoms. The first-order valence-corrected chi connectivity index (χ1v) is 9.42. The number of ether oxygens (including phenoxy) is 1. The second kappa shape index (κ2) is 10.3. The highest BCUT2D eigenvalue weighted by Crippen LogP contribution is 2.27. The highest BCUT2D eigenvalue weighted by molar-refractivity contribution is 7.80. The number of anilines is 1. The average molecular weight is 349 g/mol. The number of amides is 1. The molecule has 1 fully saturated rings. The van der Waals surface area contributed by atoms with Gasteiger partial charge in [-0.1, -0.05) is 45.1 Å². The Balaban J connectivity index is 1.72. The van der Waals surface area contributed by atoms with Crippen LogP contribution in [-0.2, 0) is 4.79 Å². The summed E-state index contributed by atoms with van der Waals surface area (Å²) in [6.07, 6.45) is 8.97. The van der Waals surface area contributed by atoms with Gasteiger partial charge in [-0.15, -0.1) is 0 Å². The fourth-order valence-electron chi connectivity index (χ4n) is 3.05. The summed E-state index contributed by atoms with van der Waals surface area (Å²) in [6.45, 7) is 2.76. The maximum atomic E-state index is 12.0. The van der Waals surface area contributed by atoms with Crippen molar-refractivity contribution in [3.63, 3.8) is 0 Å². The summed E-state index contributed by atoms with van der Waals surface area (Å²) >= 11 is 5.23. The molecule has 1 amide bonds. The topological polar surface area (TPSA) is 50.4 Å². The van der Waals surface area contributed by atoms with Crippen LogP contribution in [0.3, 0.4) is 0 Å². The van der Waals surface area contributed by atoms with Crippen molar-refractivity contribution in [2.45, 2.75) is 58.3 Å². The molecule has 0 radical (unpaired) electrons. The predicted octanol–water partition coefficient (Wildman–Crippen LogP) is 4.65. The molecule has 2 rings (SSSR count). The molecule has 0 bridgehead atoms. The summed E-state index contributed by atoms with van der Waals surface area (Å²) in [5.74, 6) is 1.50. The third-order valence-corrected chi connectivity index (χ3v) is 4.53. The molecule has 5 heteroatoms. The van der Waals surface area contributed by atoms with Gasteiger partial charge < -0.3 is 15.4 Å². The van der Waals surface area contributed by atoms with Crippen LogP contribution in [0.4, 0.5) is 5.69 Å². The van der Waals surface area contributed by atoms with Gasteiger partial charge in [-0.2, -0.15) is 0 Å². The number of carbonyl (C=O) groups excluding carboxylic acids is 1. The van der Waals surface area contributed by atoms with Crippen LogP contribution in [0.25, 0.3) is 0 Å². The number of carbonyl (C=O) groups is 1. The summed E-state index contributed by atoms with van der Waals surface area (Å²) in [5, 5.41) is 6.16. The summed E-state index contributed by atoms with van der Waals surface area (Å²) < 4.78 is 5.59. The number of nitrogens with one attached hydrogen (secondary N) is 2. The Morgan fingerprint density at radius 2 is 2.08 bits per heavy atom. The molecule has 0 heterocycles. The Kier molecular flexibility index (Phi) is 8.02. The molecular weight excluding hydrogens is 320 g/mol. The summed E-state index contributed by atoms with van der Waals surface area (Å²) in [5.41, 5.74) is 0.821. The van der Waals surface area contributed by atoms with Crippen molar-refractivity contribution in [2.24, 2.45) is 5.92 Å². The first-order chi connectivity index (χ1) is 11.7. The number of thiocarbonyl (C=S) groups is 1. The maximum Gasteiger partial charge on any atom is 0.226 e. The zero-order chi connectivity index (χ0) is 17.2. The summed E-state index contributed by atoms with van der Waals surface area (Å²) in [7, 11) is 0. The molecule has 24 heavy (non-hydrogen) atoms. The van der Waals surface area contributed by atoms with Crippen molar-refractivity contribution in [3.8, 4) is 5.75 Å². The number of rotatable bonds is 7. The quantitative estimate of drug-likeness (QED) is 0.704. The van der Waals surface area contributed by atoms with Gasteiger partial charge >= 0.3 is 0 Å². The van der Waals surface area contributed by atoms with Crippen molar-refractivity contribution in [1.82, 2.24) is 5.32 Å². The lowest BCUT2D eigenvalue weighted by atomic mass is 9.86. The van der Waals surface area contributed by atoms with E-state index in [0.29, 0.717) is 24.1 Å². The molecule has 132 valence electrons. The largest absolute Gasteiger partial charge is 0.494 e. The molecule has 1 aromatic carbocycles. The molecule has 4 nitrogen and oxygen atoms in total. The minimum absolute atomic E-state index is 0.00328. The lowest BCUT2D eigenvalue weighted by Crippen LogP contribution is -2.34. The van der Waals surface area contributed by atoms with Crippen LogP contribution in [0.5, 0.6) is 5.75 Å². The minimum atomic E-state index is -0.00328. The van der Waals surface area contributed by atoms with Crippen molar-refractivity contribution in [2.75, 3.05) is 11.9 Å². The highest BCUT2D eigenvalue weighted by Gasteiger charge is 2.15. The van der Waals surface area contributed by atoms with Gasteiger partial charge in [-0.3, -0.25) is 4.79 Å². The molecule has 2 N–H and O–H groups in total. The van der Waals surface area contributed by atoms with E-state index in [2.05, 4.69) is 17.6 Å². The Hall–Kier alpha value is -1.62. The molecule has 0 saturated heterocycles. The van der Waals surface area contributed by atoms with Gasteiger partial charge in [-0.25, -0.2) is 0 Å². The third-order valence-electron chi connectivity index (χ3n) is 4.32. The zero-order valence-electron chi connectivity index (χ0n) is 14.5. The first kappa shape index (κ1) is 18.7.